The molecule has 0 saturated heterocycles. The molecule has 5 nitrogen and oxygen atoms in total. The molecular weight excluding hydrogens is 316 g/mol. The van der Waals surface area contributed by atoms with Gasteiger partial charge < -0.3 is 20.5 Å². The lowest BCUT2D eigenvalue weighted by Crippen LogP contribution is -2.44. The van der Waals surface area contributed by atoms with Crippen LogP contribution in [0.4, 0.5) is 0 Å². The van der Waals surface area contributed by atoms with Crippen LogP contribution in [0.3, 0.4) is 0 Å². The fourth-order valence-electron chi connectivity index (χ4n) is 3.35. The summed E-state index contributed by atoms with van der Waals surface area (Å²) in [5, 5.41) is 3.16. The number of methoxy groups -OCH3 is 1. The molecule has 1 fully saturated rings. The normalized spacial score (nSPS) is 20.2. The maximum atomic E-state index is 12.1. The number of rotatable bonds is 10. The average Bonchev–Trinajstić information content (AvgIpc) is 2.65. The summed E-state index contributed by atoms with van der Waals surface area (Å²) >= 11 is 0. The van der Waals surface area contributed by atoms with Gasteiger partial charge in [-0.3, -0.25) is 4.79 Å². The van der Waals surface area contributed by atoms with E-state index in [4.69, 9.17) is 15.2 Å². The van der Waals surface area contributed by atoms with E-state index in [1.807, 2.05) is 12.1 Å². The van der Waals surface area contributed by atoms with E-state index in [0.29, 0.717) is 25.5 Å². The molecule has 1 saturated carbocycles. The summed E-state index contributed by atoms with van der Waals surface area (Å²) < 4.78 is 10.8. The van der Waals surface area contributed by atoms with Crippen LogP contribution in [0.5, 0.6) is 5.75 Å². The van der Waals surface area contributed by atoms with Gasteiger partial charge in [-0.2, -0.15) is 0 Å². The second-order valence-electron chi connectivity index (χ2n) is 6.79. The van der Waals surface area contributed by atoms with Gasteiger partial charge in [-0.05, 0) is 55.8 Å². The predicted octanol–water partition coefficient (Wildman–Crippen LogP) is 2.67. The highest BCUT2D eigenvalue weighted by Crippen LogP contribution is 2.23. The molecular formula is C20H32N2O3. The Morgan fingerprint density at radius 3 is 2.68 bits per heavy atom. The van der Waals surface area contributed by atoms with Crippen molar-refractivity contribution in [3.8, 4) is 5.75 Å². The van der Waals surface area contributed by atoms with E-state index >= 15 is 0 Å². The molecule has 0 aliphatic heterocycles. The molecule has 2 rings (SSSR count). The van der Waals surface area contributed by atoms with Gasteiger partial charge in [-0.15, -0.1) is 0 Å². The molecule has 1 aromatic carbocycles. The molecule has 25 heavy (non-hydrogen) atoms. The van der Waals surface area contributed by atoms with E-state index in [9.17, 15) is 4.79 Å². The van der Waals surface area contributed by atoms with Gasteiger partial charge in [0.25, 0.3) is 0 Å². The van der Waals surface area contributed by atoms with Crippen molar-refractivity contribution in [3.63, 3.8) is 0 Å². The van der Waals surface area contributed by atoms with Crippen LogP contribution >= 0.6 is 0 Å². The molecule has 2 unspecified atom stereocenters. The molecule has 1 aliphatic carbocycles. The van der Waals surface area contributed by atoms with Gasteiger partial charge >= 0.3 is 0 Å². The highest BCUT2D eigenvalue weighted by molar-refractivity contribution is 5.76. The lowest BCUT2D eigenvalue weighted by Gasteiger charge is -2.31. The van der Waals surface area contributed by atoms with Crippen LogP contribution in [-0.2, 0) is 16.0 Å². The Hall–Kier alpha value is -1.59. The number of benzene rings is 1. The summed E-state index contributed by atoms with van der Waals surface area (Å²) in [5.41, 5.74) is 7.05. The number of amides is 1. The Bertz CT molecular complexity index is 504. The van der Waals surface area contributed by atoms with Crippen molar-refractivity contribution in [1.82, 2.24) is 5.32 Å². The summed E-state index contributed by atoms with van der Waals surface area (Å²) in [6, 6.07) is 8.30. The highest BCUT2D eigenvalue weighted by Gasteiger charge is 2.24. The smallest absolute Gasteiger partial charge is 0.220 e. The summed E-state index contributed by atoms with van der Waals surface area (Å²) in [6.07, 6.45) is 6.72. The minimum Gasteiger partial charge on any atom is -0.494 e. The number of ether oxygens (including phenoxy) is 2. The Kier molecular flexibility index (Phi) is 8.77. The largest absolute Gasteiger partial charge is 0.494 e. The van der Waals surface area contributed by atoms with Crippen LogP contribution < -0.4 is 15.8 Å². The molecule has 0 spiro atoms. The van der Waals surface area contributed by atoms with E-state index in [-0.39, 0.29) is 11.9 Å². The van der Waals surface area contributed by atoms with Crippen LogP contribution in [-0.4, -0.2) is 38.8 Å². The molecule has 0 heterocycles. The van der Waals surface area contributed by atoms with E-state index in [1.165, 1.54) is 18.4 Å². The molecule has 1 aliphatic rings. The summed E-state index contributed by atoms with van der Waals surface area (Å²) in [6.45, 7) is 1.94. The van der Waals surface area contributed by atoms with Crippen LogP contribution in [0.15, 0.2) is 24.3 Å². The predicted molar refractivity (Wildman–Crippen MR) is 99.7 cm³/mol. The Labute approximate surface area is 151 Å². The lowest BCUT2D eigenvalue weighted by atomic mass is 9.84. The zero-order chi connectivity index (χ0) is 17.9. The first-order valence-corrected chi connectivity index (χ1v) is 9.43. The quantitative estimate of drug-likeness (QED) is 0.638. The van der Waals surface area contributed by atoms with Crippen LogP contribution in [0.2, 0.25) is 0 Å². The monoisotopic (exact) mass is 348 g/mol. The van der Waals surface area contributed by atoms with E-state index in [1.54, 1.807) is 7.11 Å². The standard InChI is InChI=1S/C20H32N2O3/c1-24-14-12-16-8-10-18(11-9-16)25-13-4-7-20(23)22-19-6-3-2-5-17(19)15-21/h8-11,17,19H,2-7,12-15,21H2,1H3,(H,22,23). The third-order valence-electron chi connectivity index (χ3n) is 4.89. The van der Waals surface area contributed by atoms with Crippen LogP contribution in [0.1, 0.15) is 44.1 Å². The third-order valence-corrected chi connectivity index (χ3v) is 4.89. The molecule has 0 aromatic heterocycles. The molecule has 140 valence electrons. The second-order valence-corrected chi connectivity index (χ2v) is 6.79. The Morgan fingerprint density at radius 2 is 1.96 bits per heavy atom. The van der Waals surface area contributed by atoms with Crippen molar-refractivity contribution in [3.05, 3.63) is 29.8 Å². The average molecular weight is 348 g/mol. The molecule has 0 radical (unpaired) electrons. The number of carbonyl (C=O) groups excluding carboxylic acids is 1. The van der Waals surface area contributed by atoms with Gasteiger partial charge in [0, 0.05) is 19.6 Å². The van der Waals surface area contributed by atoms with E-state index < -0.39 is 0 Å². The second kappa shape index (κ2) is 11.1. The first-order valence-electron chi connectivity index (χ1n) is 9.43. The fraction of sp³-hybridized carbons (Fsp3) is 0.650. The number of hydrogen-bond donors (Lipinski definition) is 2. The highest BCUT2D eigenvalue weighted by atomic mass is 16.5. The number of carbonyl (C=O) groups is 1. The van der Waals surface area contributed by atoms with Gasteiger partial charge in [0.05, 0.1) is 13.2 Å². The van der Waals surface area contributed by atoms with Crippen molar-refractivity contribution in [2.45, 2.75) is 51.0 Å². The first kappa shape index (κ1) is 19.7. The Balaban J connectivity index is 1.62. The van der Waals surface area contributed by atoms with Gasteiger partial charge in [-0.1, -0.05) is 25.0 Å². The van der Waals surface area contributed by atoms with Crippen molar-refractivity contribution >= 4 is 5.91 Å². The van der Waals surface area contributed by atoms with E-state index in [0.717, 1.165) is 38.0 Å². The molecule has 2 atom stereocenters. The maximum Gasteiger partial charge on any atom is 0.220 e. The van der Waals surface area contributed by atoms with E-state index in [2.05, 4.69) is 17.4 Å². The third kappa shape index (κ3) is 7.04. The number of nitrogens with one attached hydrogen (secondary N) is 1. The molecule has 0 bridgehead atoms. The topological polar surface area (TPSA) is 73.6 Å². The minimum absolute atomic E-state index is 0.115. The van der Waals surface area contributed by atoms with Gasteiger partial charge in [0.1, 0.15) is 5.75 Å². The maximum absolute atomic E-state index is 12.1. The lowest BCUT2D eigenvalue weighted by molar-refractivity contribution is -0.122. The molecule has 5 heteroatoms. The van der Waals surface area contributed by atoms with Crippen molar-refractivity contribution in [2.75, 3.05) is 26.9 Å². The number of nitrogens with two attached hydrogens (primary N) is 1. The fourth-order valence-corrected chi connectivity index (χ4v) is 3.35. The van der Waals surface area contributed by atoms with Crippen molar-refractivity contribution in [1.29, 1.82) is 0 Å². The van der Waals surface area contributed by atoms with Crippen molar-refractivity contribution < 1.29 is 14.3 Å². The minimum atomic E-state index is 0.115. The summed E-state index contributed by atoms with van der Waals surface area (Å²) in [5.74, 6) is 1.39. The Morgan fingerprint density at radius 1 is 1.20 bits per heavy atom. The summed E-state index contributed by atoms with van der Waals surface area (Å²) in [7, 11) is 1.71. The van der Waals surface area contributed by atoms with Gasteiger partial charge in [0.15, 0.2) is 0 Å². The van der Waals surface area contributed by atoms with Gasteiger partial charge in [-0.25, -0.2) is 0 Å². The first-order chi connectivity index (χ1) is 12.2. The molecule has 3 N–H and O–H groups in total. The van der Waals surface area contributed by atoms with Crippen molar-refractivity contribution in [2.24, 2.45) is 11.7 Å². The zero-order valence-corrected chi connectivity index (χ0v) is 15.3. The zero-order valence-electron chi connectivity index (χ0n) is 15.3. The van der Waals surface area contributed by atoms with Crippen LogP contribution in [0, 0.1) is 5.92 Å². The van der Waals surface area contributed by atoms with Gasteiger partial charge in [0.2, 0.25) is 5.91 Å². The SMILES string of the molecule is COCCc1ccc(OCCCC(=O)NC2CCCCC2CN)cc1. The molecule has 1 amide bonds. The summed E-state index contributed by atoms with van der Waals surface area (Å²) in [4.78, 5) is 12.1. The molecule has 1 aromatic rings. The number of hydrogen-bond acceptors (Lipinski definition) is 4. The van der Waals surface area contributed by atoms with Crippen LogP contribution in [0.25, 0.3) is 0 Å².